The molecule has 0 heterocycles. The van der Waals surface area contributed by atoms with E-state index in [1.54, 1.807) is 27.9 Å². The zero-order valence-corrected chi connectivity index (χ0v) is 11.6. The lowest BCUT2D eigenvalue weighted by Crippen LogP contribution is -2.42. The summed E-state index contributed by atoms with van der Waals surface area (Å²) in [6.07, 6.45) is -0.138. The molecule has 104 valence electrons. The van der Waals surface area contributed by atoms with Gasteiger partial charge in [-0.3, -0.25) is 14.4 Å². The van der Waals surface area contributed by atoms with Crippen molar-refractivity contribution < 1.29 is 19.5 Å². The van der Waals surface area contributed by atoms with E-state index in [4.69, 9.17) is 5.11 Å². The number of carbonyl (C=O) groups is 3. The first-order valence-electron chi connectivity index (χ1n) is 5.81. The molecule has 0 aliphatic heterocycles. The summed E-state index contributed by atoms with van der Waals surface area (Å²) >= 11 is 0. The second-order valence-electron chi connectivity index (χ2n) is 5.12. The van der Waals surface area contributed by atoms with E-state index in [1.165, 1.54) is 11.8 Å². The SMILES string of the molecule is CC(C)C(C)(CC(=O)NCC(=O)N(C)C)C(=O)O. The van der Waals surface area contributed by atoms with Crippen molar-refractivity contribution in [2.75, 3.05) is 20.6 Å². The molecule has 0 aromatic heterocycles. The van der Waals surface area contributed by atoms with Gasteiger partial charge in [-0.2, -0.15) is 0 Å². The van der Waals surface area contributed by atoms with Crippen LogP contribution in [0.3, 0.4) is 0 Å². The minimum absolute atomic E-state index is 0.111. The zero-order valence-electron chi connectivity index (χ0n) is 11.6. The molecule has 0 aliphatic carbocycles. The summed E-state index contributed by atoms with van der Waals surface area (Å²) in [4.78, 5) is 35.5. The fraction of sp³-hybridized carbons (Fsp3) is 0.750. The van der Waals surface area contributed by atoms with Gasteiger partial charge in [-0.05, 0) is 12.8 Å². The van der Waals surface area contributed by atoms with E-state index in [1.807, 2.05) is 0 Å². The number of hydrogen-bond donors (Lipinski definition) is 2. The normalized spacial score (nSPS) is 13.9. The Balaban J connectivity index is 4.47. The number of nitrogens with one attached hydrogen (secondary N) is 1. The van der Waals surface area contributed by atoms with Crippen LogP contribution in [-0.4, -0.2) is 48.4 Å². The molecule has 0 rings (SSSR count). The average molecular weight is 258 g/mol. The Morgan fingerprint density at radius 1 is 1.28 bits per heavy atom. The van der Waals surface area contributed by atoms with Crippen LogP contribution >= 0.6 is 0 Å². The van der Waals surface area contributed by atoms with Gasteiger partial charge in [-0.25, -0.2) is 0 Å². The van der Waals surface area contributed by atoms with Crippen LogP contribution in [0.2, 0.25) is 0 Å². The molecule has 0 spiro atoms. The number of carboxylic acid groups (broad SMARTS) is 1. The molecule has 2 N–H and O–H groups in total. The van der Waals surface area contributed by atoms with E-state index in [0.717, 1.165) is 0 Å². The van der Waals surface area contributed by atoms with Crippen molar-refractivity contribution in [3.05, 3.63) is 0 Å². The van der Waals surface area contributed by atoms with Gasteiger partial charge in [-0.15, -0.1) is 0 Å². The van der Waals surface area contributed by atoms with E-state index < -0.39 is 17.3 Å². The third-order valence-corrected chi connectivity index (χ3v) is 3.23. The number of likely N-dealkylation sites (N-methyl/N-ethyl adjacent to an activating group) is 1. The molecule has 0 saturated carbocycles. The van der Waals surface area contributed by atoms with Crippen LogP contribution in [0.4, 0.5) is 0 Å². The summed E-state index contributed by atoms with van der Waals surface area (Å²) in [7, 11) is 3.17. The Kier molecular flexibility index (Phi) is 5.81. The first kappa shape index (κ1) is 16.4. The van der Waals surface area contributed by atoms with Gasteiger partial charge in [-0.1, -0.05) is 13.8 Å². The molecule has 0 fully saturated rings. The molecule has 0 radical (unpaired) electrons. The molecule has 0 aromatic carbocycles. The van der Waals surface area contributed by atoms with Crippen molar-refractivity contribution >= 4 is 17.8 Å². The van der Waals surface area contributed by atoms with Crippen molar-refractivity contribution in [1.82, 2.24) is 10.2 Å². The third-order valence-electron chi connectivity index (χ3n) is 3.23. The molecule has 1 unspecified atom stereocenters. The van der Waals surface area contributed by atoms with Crippen molar-refractivity contribution in [3.8, 4) is 0 Å². The molecule has 0 bridgehead atoms. The Morgan fingerprint density at radius 3 is 2.11 bits per heavy atom. The number of hydrogen-bond acceptors (Lipinski definition) is 3. The van der Waals surface area contributed by atoms with Crippen LogP contribution < -0.4 is 5.32 Å². The van der Waals surface area contributed by atoms with Crippen LogP contribution in [0.15, 0.2) is 0 Å². The molecule has 0 saturated heterocycles. The first-order chi connectivity index (χ1) is 8.11. The van der Waals surface area contributed by atoms with Crippen molar-refractivity contribution in [2.24, 2.45) is 11.3 Å². The van der Waals surface area contributed by atoms with Crippen molar-refractivity contribution in [3.63, 3.8) is 0 Å². The van der Waals surface area contributed by atoms with Crippen LogP contribution in [-0.2, 0) is 14.4 Å². The number of nitrogens with zero attached hydrogens (tertiary/aromatic N) is 1. The van der Waals surface area contributed by atoms with Gasteiger partial charge in [0.1, 0.15) is 0 Å². The number of carbonyl (C=O) groups excluding carboxylic acids is 2. The van der Waals surface area contributed by atoms with Gasteiger partial charge in [0, 0.05) is 20.5 Å². The highest BCUT2D eigenvalue weighted by Gasteiger charge is 2.38. The minimum Gasteiger partial charge on any atom is -0.481 e. The fourth-order valence-corrected chi connectivity index (χ4v) is 1.26. The van der Waals surface area contributed by atoms with Gasteiger partial charge < -0.3 is 15.3 Å². The number of aliphatic carboxylic acids is 1. The van der Waals surface area contributed by atoms with Crippen molar-refractivity contribution in [1.29, 1.82) is 0 Å². The highest BCUT2D eigenvalue weighted by atomic mass is 16.4. The van der Waals surface area contributed by atoms with Gasteiger partial charge in [0.2, 0.25) is 11.8 Å². The number of carboxylic acids is 1. The van der Waals surface area contributed by atoms with E-state index >= 15 is 0 Å². The lowest BCUT2D eigenvalue weighted by molar-refractivity contribution is -0.153. The standard InChI is InChI=1S/C12H22N2O4/c1-8(2)12(3,11(17)18)6-9(15)13-7-10(16)14(4)5/h8H,6-7H2,1-5H3,(H,13,15)(H,17,18). The maximum absolute atomic E-state index is 11.6. The lowest BCUT2D eigenvalue weighted by Gasteiger charge is -2.28. The zero-order chi connectivity index (χ0) is 14.5. The molecular formula is C12H22N2O4. The molecule has 2 amide bonds. The van der Waals surface area contributed by atoms with Crippen LogP contribution in [0, 0.1) is 11.3 Å². The monoisotopic (exact) mass is 258 g/mol. The highest BCUT2D eigenvalue weighted by molar-refractivity contribution is 5.88. The van der Waals surface area contributed by atoms with E-state index in [-0.39, 0.29) is 24.8 Å². The first-order valence-corrected chi connectivity index (χ1v) is 5.81. The molecule has 6 heteroatoms. The van der Waals surface area contributed by atoms with Crippen molar-refractivity contribution in [2.45, 2.75) is 27.2 Å². The fourth-order valence-electron chi connectivity index (χ4n) is 1.26. The lowest BCUT2D eigenvalue weighted by atomic mass is 9.76. The smallest absolute Gasteiger partial charge is 0.310 e. The average Bonchev–Trinajstić information content (AvgIpc) is 2.24. The van der Waals surface area contributed by atoms with E-state index in [9.17, 15) is 14.4 Å². The Hall–Kier alpha value is -1.59. The quantitative estimate of drug-likeness (QED) is 0.718. The molecule has 0 aromatic rings. The molecular weight excluding hydrogens is 236 g/mol. The predicted molar refractivity (Wildman–Crippen MR) is 66.9 cm³/mol. The van der Waals surface area contributed by atoms with Crippen LogP contribution in [0.25, 0.3) is 0 Å². The van der Waals surface area contributed by atoms with E-state index in [2.05, 4.69) is 5.32 Å². The summed E-state index contributed by atoms with van der Waals surface area (Å²) < 4.78 is 0. The summed E-state index contributed by atoms with van der Waals surface area (Å²) in [5.74, 6) is -1.84. The summed E-state index contributed by atoms with van der Waals surface area (Å²) in [5, 5.41) is 11.6. The predicted octanol–water partition coefficient (Wildman–Crippen LogP) is 0.328. The second-order valence-corrected chi connectivity index (χ2v) is 5.12. The summed E-state index contributed by atoms with van der Waals surface area (Å²) in [6.45, 7) is 4.94. The minimum atomic E-state index is -1.12. The largest absolute Gasteiger partial charge is 0.481 e. The maximum atomic E-state index is 11.6. The molecule has 1 atom stereocenters. The Bertz CT molecular complexity index is 339. The van der Waals surface area contributed by atoms with Crippen LogP contribution in [0.5, 0.6) is 0 Å². The molecule has 6 nitrogen and oxygen atoms in total. The van der Waals surface area contributed by atoms with Gasteiger partial charge in [0.05, 0.1) is 12.0 Å². The Labute approximate surface area is 107 Å². The second kappa shape index (κ2) is 6.37. The molecule has 18 heavy (non-hydrogen) atoms. The topological polar surface area (TPSA) is 86.7 Å². The summed E-state index contributed by atoms with van der Waals surface area (Å²) in [6, 6.07) is 0. The molecule has 0 aliphatic rings. The highest BCUT2D eigenvalue weighted by Crippen LogP contribution is 2.31. The van der Waals surface area contributed by atoms with E-state index in [0.29, 0.717) is 0 Å². The Morgan fingerprint density at radius 2 is 1.78 bits per heavy atom. The van der Waals surface area contributed by atoms with Gasteiger partial charge in [0.15, 0.2) is 0 Å². The number of rotatable bonds is 6. The van der Waals surface area contributed by atoms with Crippen LogP contribution in [0.1, 0.15) is 27.2 Å². The van der Waals surface area contributed by atoms with Gasteiger partial charge >= 0.3 is 5.97 Å². The maximum Gasteiger partial charge on any atom is 0.310 e. The number of amides is 2. The summed E-state index contributed by atoms with van der Waals surface area (Å²) in [5.41, 5.74) is -1.12. The van der Waals surface area contributed by atoms with Gasteiger partial charge in [0.25, 0.3) is 0 Å². The third kappa shape index (κ3) is 4.35.